The SMILES string of the molecule is CS(=O)(=O)c1cc(C(=O)N=C(N)N)c([N+](=O)[O-])cc1-n1ccnc1. The van der Waals surface area contributed by atoms with E-state index in [0.717, 1.165) is 18.4 Å². The number of guanidine groups is 1. The zero-order valence-corrected chi connectivity index (χ0v) is 13.1. The van der Waals surface area contributed by atoms with Gasteiger partial charge in [-0.1, -0.05) is 0 Å². The number of carbonyl (C=O) groups is 1. The molecule has 0 aliphatic carbocycles. The number of nitrogens with two attached hydrogens (primary N) is 2. The number of amides is 1. The van der Waals surface area contributed by atoms with E-state index in [0.29, 0.717) is 0 Å². The van der Waals surface area contributed by atoms with Gasteiger partial charge in [-0.05, 0) is 6.07 Å². The highest BCUT2D eigenvalue weighted by molar-refractivity contribution is 7.90. The molecule has 2 aromatic rings. The quantitative estimate of drug-likeness (QED) is 0.323. The molecule has 2 rings (SSSR count). The van der Waals surface area contributed by atoms with Gasteiger partial charge in [0, 0.05) is 24.7 Å². The molecule has 126 valence electrons. The average molecular weight is 352 g/mol. The molecule has 12 heteroatoms. The predicted molar refractivity (Wildman–Crippen MR) is 83.5 cm³/mol. The molecule has 4 N–H and O–H groups in total. The summed E-state index contributed by atoms with van der Waals surface area (Å²) in [6.45, 7) is 0. The first-order valence-electron chi connectivity index (χ1n) is 6.26. The van der Waals surface area contributed by atoms with E-state index in [4.69, 9.17) is 11.5 Å². The van der Waals surface area contributed by atoms with Crippen LogP contribution >= 0.6 is 0 Å². The smallest absolute Gasteiger partial charge is 0.287 e. The number of hydrogen-bond acceptors (Lipinski definition) is 6. The summed E-state index contributed by atoms with van der Waals surface area (Å²) in [4.78, 5) is 29.1. The molecule has 0 bridgehead atoms. The van der Waals surface area contributed by atoms with Gasteiger partial charge in [-0.15, -0.1) is 0 Å². The molecule has 1 amide bonds. The van der Waals surface area contributed by atoms with E-state index >= 15 is 0 Å². The Morgan fingerprint density at radius 2 is 2.04 bits per heavy atom. The maximum Gasteiger partial charge on any atom is 0.287 e. The number of benzene rings is 1. The molecule has 1 heterocycles. The van der Waals surface area contributed by atoms with Gasteiger partial charge in [0.05, 0.1) is 21.8 Å². The van der Waals surface area contributed by atoms with Crippen molar-refractivity contribution in [3.8, 4) is 5.69 Å². The van der Waals surface area contributed by atoms with Crippen LogP contribution in [0.5, 0.6) is 0 Å². The molecule has 0 atom stereocenters. The van der Waals surface area contributed by atoms with Crippen molar-refractivity contribution < 1.29 is 18.1 Å². The van der Waals surface area contributed by atoms with Crippen LogP contribution in [0.4, 0.5) is 5.69 Å². The number of nitrogens with zero attached hydrogens (tertiary/aromatic N) is 4. The fraction of sp³-hybridized carbons (Fsp3) is 0.0833. The molecule has 0 spiro atoms. The van der Waals surface area contributed by atoms with Crippen LogP contribution in [-0.2, 0) is 9.84 Å². The van der Waals surface area contributed by atoms with E-state index in [9.17, 15) is 23.3 Å². The van der Waals surface area contributed by atoms with E-state index in [2.05, 4.69) is 9.98 Å². The lowest BCUT2D eigenvalue weighted by atomic mass is 10.1. The Kier molecular flexibility index (Phi) is 4.33. The summed E-state index contributed by atoms with van der Waals surface area (Å²) in [5, 5.41) is 11.3. The molecule has 11 nitrogen and oxygen atoms in total. The van der Waals surface area contributed by atoms with Gasteiger partial charge in [-0.2, -0.15) is 4.99 Å². The Labute approximate surface area is 135 Å². The minimum absolute atomic E-state index is 0.0250. The number of aromatic nitrogens is 2. The molecule has 0 radical (unpaired) electrons. The second kappa shape index (κ2) is 6.08. The number of nitro groups is 1. The highest BCUT2D eigenvalue weighted by atomic mass is 32.2. The van der Waals surface area contributed by atoms with E-state index in [1.54, 1.807) is 0 Å². The molecule has 0 saturated carbocycles. The summed E-state index contributed by atoms with van der Waals surface area (Å²) in [7, 11) is -3.82. The summed E-state index contributed by atoms with van der Waals surface area (Å²) in [5.74, 6) is -1.72. The van der Waals surface area contributed by atoms with Crippen molar-refractivity contribution in [1.82, 2.24) is 9.55 Å². The molecular formula is C12H12N6O5S. The molecular weight excluding hydrogens is 340 g/mol. The van der Waals surface area contributed by atoms with Crippen LogP contribution in [0.25, 0.3) is 5.69 Å². The fourth-order valence-corrected chi connectivity index (χ4v) is 2.83. The van der Waals surface area contributed by atoms with Crippen LogP contribution in [0, 0.1) is 10.1 Å². The first-order chi connectivity index (χ1) is 11.1. The first-order valence-corrected chi connectivity index (χ1v) is 8.15. The van der Waals surface area contributed by atoms with E-state index in [-0.39, 0.29) is 10.6 Å². The third-order valence-electron chi connectivity index (χ3n) is 2.92. The van der Waals surface area contributed by atoms with Crippen molar-refractivity contribution in [3.05, 3.63) is 46.5 Å². The highest BCUT2D eigenvalue weighted by Gasteiger charge is 2.27. The number of rotatable bonds is 4. The number of imidazole rings is 1. The van der Waals surface area contributed by atoms with Crippen molar-refractivity contribution in [1.29, 1.82) is 0 Å². The number of aliphatic imine (C=N–C) groups is 1. The lowest BCUT2D eigenvalue weighted by molar-refractivity contribution is -0.385. The maximum absolute atomic E-state index is 12.0. The molecule has 0 fully saturated rings. The summed E-state index contributed by atoms with van der Waals surface area (Å²) in [5.41, 5.74) is 8.98. The molecule has 24 heavy (non-hydrogen) atoms. The molecule has 0 unspecified atom stereocenters. The minimum Gasteiger partial charge on any atom is -0.370 e. The van der Waals surface area contributed by atoms with E-state index < -0.39 is 37.9 Å². The number of hydrogen-bond donors (Lipinski definition) is 2. The Morgan fingerprint density at radius 1 is 1.38 bits per heavy atom. The van der Waals surface area contributed by atoms with Gasteiger partial charge >= 0.3 is 0 Å². The lowest BCUT2D eigenvalue weighted by Gasteiger charge is -2.10. The van der Waals surface area contributed by atoms with Crippen molar-refractivity contribution in [2.45, 2.75) is 4.90 Å². The van der Waals surface area contributed by atoms with Gasteiger partial charge in [0.2, 0.25) is 0 Å². The lowest BCUT2D eigenvalue weighted by Crippen LogP contribution is -2.24. The normalized spacial score (nSPS) is 11.0. The Bertz CT molecular complexity index is 945. The fourth-order valence-electron chi connectivity index (χ4n) is 1.96. The van der Waals surface area contributed by atoms with Gasteiger partial charge < -0.3 is 16.0 Å². The van der Waals surface area contributed by atoms with Crippen molar-refractivity contribution in [2.24, 2.45) is 16.5 Å². The van der Waals surface area contributed by atoms with Crippen LogP contribution in [0.3, 0.4) is 0 Å². The number of sulfone groups is 1. The predicted octanol–water partition coefficient (Wildman–Crippen LogP) is -0.402. The molecule has 1 aromatic heterocycles. The summed E-state index contributed by atoms with van der Waals surface area (Å²) < 4.78 is 25.3. The molecule has 0 saturated heterocycles. The third-order valence-corrected chi connectivity index (χ3v) is 4.04. The van der Waals surface area contributed by atoms with E-state index in [1.165, 1.54) is 23.3 Å². The zero-order chi connectivity index (χ0) is 18.1. The van der Waals surface area contributed by atoms with Crippen LogP contribution in [0.2, 0.25) is 0 Å². The highest BCUT2D eigenvalue weighted by Crippen LogP contribution is 2.30. The second-order valence-corrected chi connectivity index (χ2v) is 6.66. The van der Waals surface area contributed by atoms with Crippen LogP contribution in [-0.4, -0.2) is 41.0 Å². The Balaban J connectivity index is 2.85. The van der Waals surface area contributed by atoms with E-state index in [1.807, 2.05) is 0 Å². The zero-order valence-electron chi connectivity index (χ0n) is 12.3. The molecule has 0 aliphatic rings. The van der Waals surface area contributed by atoms with Crippen LogP contribution in [0.15, 0.2) is 40.7 Å². The van der Waals surface area contributed by atoms with Crippen molar-refractivity contribution >= 4 is 27.4 Å². The van der Waals surface area contributed by atoms with Gasteiger partial charge in [0.1, 0.15) is 5.56 Å². The van der Waals surface area contributed by atoms with Gasteiger partial charge in [0.15, 0.2) is 15.8 Å². The topological polar surface area (TPSA) is 177 Å². The standard InChI is InChI=1S/C12H12N6O5S/c1-24(22,23)10-4-7(11(19)16-12(13)14)8(18(20)21)5-9(10)17-3-2-15-6-17/h2-6H,1H3,(H4,13,14,16,19). The summed E-state index contributed by atoms with van der Waals surface area (Å²) in [6.07, 6.45) is 4.95. The van der Waals surface area contributed by atoms with Gasteiger partial charge in [0.25, 0.3) is 11.6 Å². The van der Waals surface area contributed by atoms with Crippen molar-refractivity contribution in [2.75, 3.05) is 6.26 Å². The number of carbonyl (C=O) groups excluding carboxylic acids is 1. The third kappa shape index (κ3) is 3.38. The van der Waals surface area contributed by atoms with Crippen molar-refractivity contribution in [3.63, 3.8) is 0 Å². The first kappa shape index (κ1) is 17.1. The molecule has 0 aliphatic heterocycles. The summed E-state index contributed by atoms with van der Waals surface area (Å²) >= 11 is 0. The Hall–Kier alpha value is -3.28. The van der Waals surface area contributed by atoms with Crippen LogP contribution < -0.4 is 11.5 Å². The van der Waals surface area contributed by atoms with Gasteiger partial charge in [-0.25, -0.2) is 13.4 Å². The summed E-state index contributed by atoms with van der Waals surface area (Å²) in [6, 6.07) is 1.82. The van der Waals surface area contributed by atoms with Crippen LogP contribution in [0.1, 0.15) is 10.4 Å². The van der Waals surface area contributed by atoms with Gasteiger partial charge in [-0.3, -0.25) is 14.9 Å². The number of nitro benzene ring substituents is 1. The molecule has 1 aromatic carbocycles. The minimum atomic E-state index is -3.82. The second-order valence-electron chi connectivity index (χ2n) is 4.68. The monoisotopic (exact) mass is 352 g/mol. The maximum atomic E-state index is 12.0. The average Bonchev–Trinajstić information content (AvgIpc) is 2.98. The Morgan fingerprint density at radius 3 is 2.50 bits per heavy atom. The largest absolute Gasteiger partial charge is 0.370 e.